The summed E-state index contributed by atoms with van der Waals surface area (Å²) in [6, 6.07) is 5.77. The molecule has 0 bridgehead atoms. The molecule has 1 amide bonds. The smallest absolute Gasteiger partial charge is 0.257 e. The molecule has 1 saturated heterocycles. The van der Waals surface area contributed by atoms with Crippen molar-refractivity contribution in [3.8, 4) is 11.5 Å². The van der Waals surface area contributed by atoms with E-state index < -0.39 is 0 Å². The van der Waals surface area contributed by atoms with Crippen LogP contribution in [0.5, 0.6) is 0 Å². The zero-order chi connectivity index (χ0) is 15.5. The quantitative estimate of drug-likeness (QED) is 0.904. The lowest BCUT2D eigenvalue weighted by Gasteiger charge is -2.12. The second kappa shape index (κ2) is 6.27. The van der Waals surface area contributed by atoms with E-state index in [2.05, 4.69) is 20.8 Å². The number of carbonyl (C=O) groups excluding carboxylic acids is 1. The van der Waals surface area contributed by atoms with Gasteiger partial charge in [0.15, 0.2) is 5.82 Å². The minimum atomic E-state index is 0.0400. The highest BCUT2D eigenvalue weighted by atomic mass is 16.5. The number of hydrogen-bond donors (Lipinski definition) is 2. The second-order valence-corrected chi connectivity index (χ2v) is 5.58. The summed E-state index contributed by atoms with van der Waals surface area (Å²) in [4.78, 5) is 16.6. The van der Waals surface area contributed by atoms with Crippen molar-refractivity contribution in [2.24, 2.45) is 5.92 Å². The third kappa shape index (κ3) is 3.01. The van der Waals surface area contributed by atoms with Gasteiger partial charge in [0.05, 0.1) is 5.92 Å². The molecule has 3 rings (SSSR count). The Labute approximate surface area is 129 Å². The summed E-state index contributed by atoms with van der Waals surface area (Å²) in [5.74, 6) is 1.26. The van der Waals surface area contributed by atoms with Gasteiger partial charge in [-0.25, -0.2) is 0 Å². The number of nitrogens with one attached hydrogen (secondary N) is 2. The number of anilines is 1. The van der Waals surface area contributed by atoms with Crippen LogP contribution in [-0.2, 0) is 11.2 Å². The Hall–Kier alpha value is -2.21. The second-order valence-electron chi connectivity index (χ2n) is 5.58. The van der Waals surface area contributed by atoms with Crippen molar-refractivity contribution in [3.05, 3.63) is 29.6 Å². The molecule has 116 valence electrons. The first kappa shape index (κ1) is 14.7. The number of aryl methyl sites for hydroxylation is 2. The molecule has 0 aliphatic carbocycles. The lowest BCUT2D eigenvalue weighted by molar-refractivity contribution is -0.119. The minimum absolute atomic E-state index is 0.0400. The molecule has 6 heteroatoms. The van der Waals surface area contributed by atoms with Crippen molar-refractivity contribution in [2.45, 2.75) is 26.7 Å². The monoisotopic (exact) mass is 300 g/mol. The van der Waals surface area contributed by atoms with Crippen LogP contribution in [0.1, 0.15) is 24.7 Å². The maximum Gasteiger partial charge on any atom is 0.257 e. The van der Waals surface area contributed by atoms with Crippen LogP contribution in [0.2, 0.25) is 0 Å². The van der Waals surface area contributed by atoms with Gasteiger partial charge in [0.2, 0.25) is 5.91 Å². The predicted molar refractivity (Wildman–Crippen MR) is 83.5 cm³/mol. The molecule has 2 heterocycles. The Balaban J connectivity index is 1.81. The van der Waals surface area contributed by atoms with E-state index in [0.717, 1.165) is 42.7 Å². The fourth-order valence-electron chi connectivity index (χ4n) is 2.52. The van der Waals surface area contributed by atoms with E-state index in [4.69, 9.17) is 4.52 Å². The average Bonchev–Trinajstić information content (AvgIpc) is 3.20. The molecule has 1 aromatic heterocycles. The van der Waals surface area contributed by atoms with Crippen molar-refractivity contribution >= 4 is 11.6 Å². The molecule has 1 aliphatic rings. The summed E-state index contributed by atoms with van der Waals surface area (Å²) in [6.45, 7) is 5.59. The van der Waals surface area contributed by atoms with Gasteiger partial charge in [-0.05, 0) is 37.6 Å². The van der Waals surface area contributed by atoms with Crippen molar-refractivity contribution in [3.63, 3.8) is 0 Å². The Kier molecular flexibility index (Phi) is 4.20. The summed E-state index contributed by atoms with van der Waals surface area (Å²) >= 11 is 0. The molecule has 1 fully saturated rings. The first-order valence-corrected chi connectivity index (χ1v) is 7.62. The molecule has 1 unspecified atom stereocenters. The van der Waals surface area contributed by atoms with Gasteiger partial charge in [-0.2, -0.15) is 4.98 Å². The lowest BCUT2D eigenvalue weighted by atomic mass is 10.1. The van der Waals surface area contributed by atoms with Crippen LogP contribution in [0.15, 0.2) is 22.7 Å². The molecule has 0 saturated carbocycles. The van der Waals surface area contributed by atoms with E-state index in [9.17, 15) is 4.79 Å². The standard InChI is InChI=1S/C16H20N4O2/c1-3-14-19-16(22-20-14)11-5-4-10(2)13(8-11)18-15(21)12-6-7-17-9-12/h4-5,8,12,17H,3,6-7,9H2,1-2H3,(H,18,21). The average molecular weight is 300 g/mol. The summed E-state index contributed by atoms with van der Waals surface area (Å²) in [5.41, 5.74) is 2.63. The van der Waals surface area contributed by atoms with E-state index in [1.807, 2.05) is 32.0 Å². The molecular weight excluding hydrogens is 280 g/mol. The topological polar surface area (TPSA) is 80.0 Å². The normalized spacial score (nSPS) is 17.6. The maximum atomic E-state index is 12.3. The van der Waals surface area contributed by atoms with Crippen LogP contribution in [-0.4, -0.2) is 29.1 Å². The van der Waals surface area contributed by atoms with E-state index in [0.29, 0.717) is 11.7 Å². The fraction of sp³-hybridized carbons (Fsp3) is 0.438. The van der Waals surface area contributed by atoms with E-state index in [1.165, 1.54) is 0 Å². The molecule has 1 atom stereocenters. The molecule has 0 radical (unpaired) electrons. The molecule has 6 nitrogen and oxygen atoms in total. The number of rotatable bonds is 4. The summed E-state index contributed by atoms with van der Waals surface area (Å²) < 4.78 is 5.26. The Bertz CT molecular complexity index is 675. The van der Waals surface area contributed by atoms with Gasteiger partial charge in [-0.15, -0.1) is 0 Å². The Morgan fingerprint density at radius 2 is 2.36 bits per heavy atom. The van der Waals surface area contributed by atoms with Crippen molar-refractivity contribution in [1.82, 2.24) is 15.5 Å². The number of carbonyl (C=O) groups is 1. The molecule has 22 heavy (non-hydrogen) atoms. The third-order valence-electron chi connectivity index (χ3n) is 3.96. The van der Waals surface area contributed by atoms with E-state index in [-0.39, 0.29) is 11.8 Å². The number of benzene rings is 1. The van der Waals surface area contributed by atoms with E-state index in [1.54, 1.807) is 0 Å². The Morgan fingerprint density at radius 1 is 1.50 bits per heavy atom. The van der Waals surface area contributed by atoms with Gasteiger partial charge in [0, 0.05) is 24.2 Å². The third-order valence-corrected chi connectivity index (χ3v) is 3.96. The summed E-state index contributed by atoms with van der Waals surface area (Å²) in [6.07, 6.45) is 1.61. The van der Waals surface area contributed by atoms with Gasteiger partial charge < -0.3 is 15.2 Å². The lowest BCUT2D eigenvalue weighted by Crippen LogP contribution is -2.24. The largest absolute Gasteiger partial charge is 0.334 e. The molecule has 0 spiro atoms. The zero-order valence-electron chi connectivity index (χ0n) is 12.8. The highest BCUT2D eigenvalue weighted by Crippen LogP contribution is 2.25. The molecule has 1 aliphatic heterocycles. The molecule has 2 aromatic rings. The summed E-state index contributed by atoms with van der Waals surface area (Å²) in [7, 11) is 0. The van der Waals surface area contributed by atoms with Crippen molar-refractivity contribution in [2.75, 3.05) is 18.4 Å². The molecular formula is C16H20N4O2. The van der Waals surface area contributed by atoms with Crippen molar-refractivity contribution in [1.29, 1.82) is 0 Å². The van der Waals surface area contributed by atoms with Crippen LogP contribution in [0.4, 0.5) is 5.69 Å². The Morgan fingerprint density at radius 3 is 3.05 bits per heavy atom. The highest BCUT2D eigenvalue weighted by Gasteiger charge is 2.23. The van der Waals surface area contributed by atoms with E-state index >= 15 is 0 Å². The van der Waals surface area contributed by atoms with Crippen LogP contribution >= 0.6 is 0 Å². The highest BCUT2D eigenvalue weighted by molar-refractivity contribution is 5.94. The molecule has 1 aromatic carbocycles. The van der Waals surface area contributed by atoms with Gasteiger partial charge in [0.25, 0.3) is 5.89 Å². The molecule has 2 N–H and O–H groups in total. The van der Waals surface area contributed by atoms with Gasteiger partial charge >= 0.3 is 0 Å². The van der Waals surface area contributed by atoms with Crippen LogP contribution in [0, 0.1) is 12.8 Å². The van der Waals surface area contributed by atoms with Gasteiger partial charge in [-0.1, -0.05) is 18.1 Å². The maximum absolute atomic E-state index is 12.3. The number of aromatic nitrogens is 2. The van der Waals surface area contributed by atoms with Crippen molar-refractivity contribution < 1.29 is 9.32 Å². The predicted octanol–water partition coefficient (Wildman–Crippen LogP) is 2.16. The van der Waals surface area contributed by atoms with Gasteiger partial charge in [-0.3, -0.25) is 4.79 Å². The van der Waals surface area contributed by atoms with Gasteiger partial charge in [0.1, 0.15) is 0 Å². The minimum Gasteiger partial charge on any atom is -0.334 e. The SMILES string of the molecule is CCc1noc(-c2ccc(C)c(NC(=O)C3CCNC3)c2)n1. The zero-order valence-corrected chi connectivity index (χ0v) is 12.8. The number of nitrogens with zero attached hydrogens (tertiary/aromatic N) is 2. The van der Waals surface area contributed by atoms with Crippen LogP contribution in [0.25, 0.3) is 11.5 Å². The fourth-order valence-corrected chi connectivity index (χ4v) is 2.52. The first-order chi connectivity index (χ1) is 10.7. The first-order valence-electron chi connectivity index (χ1n) is 7.62. The number of hydrogen-bond acceptors (Lipinski definition) is 5. The van der Waals surface area contributed by atoms with Crippen LogP contribution < -0.4 is 10.6 Å². The number of amides is 1. The summed E-state index contributed by atoms with van der Waals surface area (Å²) in [5, 5.41) is 10.1. The van der Waals surface area contributed by atoms with Crippen LogP contribution in [0.3, 0.4) is 0 Å².